The van der Waals surface area contributed by atoms with Crippen LogP contribution in [0.2, 0.25) is 0 Å². The third-order valence-corrected chi connectivity index (χ3v) is 8.70. The van der Waals surface area contributed by atoms with Crippen molar-refractivity contribution in [2.24, 2.45) is 11.8 Å². The Morgan fingerprint density at radius 1 is 1.14 bits per heavy atom. The normalized spacial score (nSPS) is 23.3. The molecule has 1 N–H and O–H groups in total. The second-order valence-electron chi connectivity index (χ2n) is 12.0. The van der Waals surface area contributed by atoms with Crippen molar-refractivity contribution in [3.05, 3.63) is 29.6 Å². The smallest absolute Gasteiger partial charge is 0.407 e. The number of anilines is 1. The van der Waals surface area contributed by atoms with E-state index in [4.69, 9.17) is 9.47 Å². The van der Waals surface area contributed by atoms with Crippen molar-refractivity contribution in [1.29, 1.82) is 0 Å². The summed E-state index contributed by atoms with van der Waals surface area (Å²) in [6.45, 7) is 7.64. The van der Waals surface area contributed by atoms with Gasteiger partial charge in [-0.1, -0.05) is 46.0 Å². The van der Waals surface area contributed by atoms with E-state index < -0.39 is 12.2 Å². The van der Waals surface area contributed by atoms with Crippen LogP contribution in [0, 0.1) is 17.7 Å². The Bertz CT molecular complexity index is 970. The monoisotopic (exact) mass is 515 g/mol. The van der Waals surface area contributed by atoms with Gasteiger partial charge in [0.25, 0.3) is 5.91 Å². The Labute approximate surface area is 220 Å². The number of carbonyl (C=O) groups is 2. The molecule has 5 rings (SSSR count). The van der Waals surface area contributed by atoms with Crippen molar-refractivity contribution < 1.29 is 23.5 Å². The first-order chi connectivity index (χ1) is 17.8. The molecule has 2 aliphatic carbocycles. The number of carbonyl (C=O) groups excluding carboxylic acids is 2. The first kappa shape index (κ1) is 26.3. The Kier molecular flexibility index (Phi) is 7.93. The second-order valence-corrected chi connectivity index (χ2v) is 12.0. The molecule has 37 heavy (non-hydrogen) atoms. The van der Waals surface area contributed by atoms with Gasteiger partial charge in [0.1, 0.15) is 5.82 Å². The number of nitrogens with one attached hydrogen (secondary N) is 1. The van der Waals surface area contributed by atoms with E-state index in [9.17, 15) is 14.0 Å². The van der Waals surface area contributed by atoms with Crippen molar-refractivity contribution in [1.82, 2.24) is 10.2 Å². The summed E-state index contributed by atoms with van der Waals surface area (Å²) in [6.07, 6.45) is 7.33. The van der Waals surface area contributed by atoms with Gasteiger partial charge in [-0.15, -0.1) is 0 Å². The van der Waals surface area contributed by atoms with Gasteiger partial charge in [0, 0.05) is 43.3 Å². The van der Waals surface area contributed by atoms with Gasteiger partial charge in [-0.2, -0.15) is 0 Å². The molecule has 8 heteroatoms. The summed E-state index contributed by atoms with van der Waals surface area (Å²) in [5.41, 5.74) is 1.90. The number of rotatable bonds is 8. The van der Waals surface area contributed by atoms with Crippen LogP contribution in [0.15, 0.2) is 18.2 Å². The largest absolute Gasteiger partial charge is 0.436 e. The van der Waals surface area contributed by atoms with Crippen LogP contribution in [0.25, 0.3) is 0 Å². The van der Waals surface area contributed by atoms with E-state index in [0.29, 0.717) is 51.1 Å². The van der Waals surface area contributed by atoms with Crippen LogP contribution in [-0.2, 0) is 19.7 Å². The maximum Gasteiger partial charge on any atom is 0.407 e. The summed E-state index contributed by atoms with van der Waals surface area (Å²) in [4.78, 5) is 30.5. The Morgan fingerprint density at radius 2 is 1.86 bits per heavy atom. The van der Waals surface area contributed by atoms with E-state index in [2.05, 4.69) is 24.1 Å². The van der Waals surface area contributed by atoms with Gasteiger partial charge < -0.3 is 24.6 Å². The number of nitrogens with zero attached hydrogens (tertiary/aromatic N) is 2. The minimum absolute atomic E-state index is 0.0972. The molecule has 0 spiro atoms. The third-order valence-electron chi connectivity index (χ3n) is 8.70. The van der Waals surface area contributed by atoms with Crippen molar-refractivity contribution in [2.75, 3.05) is 44.3 Å². The van der Waals surface area contributed by atoms with E-state index in [0.717, 1.165) is 43.5 Å². The third kappa shape index (κ3) is 6.21. The molecular weight excluding hydrogens is 473 g/mol. The van der Waals surface area contributed by atoms with Crippen molar-refractivity contribution >= 4 is 17.7 Å². The molecule has 4 aliphatic rings. The zero-order chi connectivity index (χ0) is 26.0. The number of halogens is 1. The molecule has 2 atom stereocenters. The van der Waals surface area contributed by atoms with Crippen molar-refractivity contribution in [3.63, 3.8) is 0 Å². The standard InChI is InChI=1S/C29H42FN3O4/c1-29(2)19-33(24-11-10-22(30)17-23(24)29)25(21-8-9-21)18-31-28(35)37-26(16-20-6-4-3-5-7-20)27(34)32-12-14-36-15-13-32/h10-11,17,20-21,25-26H,3-9,12-16,18-19H2,1-2H3,(H,31,35). The molecule has 2 saturated carbocycles. The van der Waals surface area contributed by atoms with Gasteiger partial charge in [-0.05, 0) is 54.9 Å². The maximum absolute atomic E-state index is 14.0. The van der Waals surface area contributed by atoms with Gasteiger partial charge in [0.15, 0.2) is 6.10 Å². The molecular formula is C29H42FN3O4. The topological polar surface area (TPSA) is 71.1 Å². The summed E-state index contributed by atoms with van der Waals surface area (Å²) in [6, 6.07) is 5.15. The molecule has 2 heterocycles. The summed E-state index contributed by atoms with van der Waals surface area (Å²) in [7, 11) is 0. The number of ether oxygens (including phenoxy) is 2. The van der Waals surface area contributed by atoms with Crippen LogP contribution < -0.4 is 10.2 Å². The van der Waals surface area contributed by atoms with Crippen LogP contribution in [0.4, 0.5) is 14.9 Å². The molecule has 0 aromatic heterocycles. The van der Waals surface area contributed by atoms with Gasteiger partial charge in [-0.25, -0.2) is 9.18 Å². The van der Waals surface area contributed by atoms with E-state index in [1.54, 1.807) is 11.0 Å². The number of benzene rings is 1. The molecule has 1 aromatic rings. The van der Waals surface area contributed by atoms with Crippen LogP contribution in [0.5, 0.6) is 0 Å². The van der Waals surface area contributed by atoms with Crippen LogP contribution in [0.3, 0.4) is 0 Å². The maximum atomic E-state index is 14.0. The fraction of sp³-hybridized carbons (Fsp3) is 0.724. The average molecular weight is 516 g/mol. The average Bonchev–Trinajstić information content (AvgIpc) is 3.70. The molecule has 2 unspecified atom stereocenters. The molecule has 7 nitrogen and oxygen atoms in total. The molecule has 204 valence electrons. The predicted octanol–water partition coefficient (Wildman–Crippen LogP) is 4.63. The molecule has 1 saturated heterocycles. The highest BCUT2D eigenvalue weighted by atomic mass is 19.1. The number of fused-ring (bicyclic) bond motifs is 1. The van der Waals surface area contributed by atoms with Crippen LogP contribution in [0.1, 0.15) is 70.8 Å². The minimum Gasteiger partial charge on any atom is -0.436 e. The number of morpholine rings is 1. The summed E-state index contributed by atoms with van der Waals surface area (Å²) >= 11 is 0. The molecule has 3 fully saturated rings. The quantitative estimate of drug-likeness (QED) is 0.547. The zero-order valence-electron chi connectivity index (χ0n) is 22.3. The van der Waals surface area contributed by atoms with Gasteiger partial charge in [-0.3, -0.25) is 4.79 Å². The zero-order valence-corrected chi connectivity index (χ0v) is 22.3. The molecule has 0 radical (unpaired) electrons. The van der Waals surface area contributed by atoms with E-state index in [1.807, 2.05) is 6.07 Å². The van der Waals surface area contributed by atoms with E-state index in [1.165, 1.54) is 25.3 Å². The first-order valence-electron chi connectivity index (χ1n) is 14.2. The van der Waals surface area contributed by atoms with Crippen molar-refractivity contribution in [2.45, 2.75) is 82.8 Å². The van der Waals surface area contributed by atoms with E-state index in [-0.39, 0.29) is 23.2 Å². The molecule has 1 aromatic carbocycles. The van der Waals surface area contributed by atoms with Crippen LogP contribution in [-0.4, -0.2) is 68.4 Å². The Balaban J connectivity index is 1.24. The molecule has 2 amide bonds. The lowest BCUT2D eigenvalue weighted by atomic mass is 9.85. The minimum atomic E-state index is -0.755. The Morgan fingerprint density at radius 3 is 2.57 bits per heavy atom. The van der Waals surface area contributed by atoms with Gasteiger partial charge in [0.05, 0.1) is 13.2 Å². The summed E-state index contributed by atoms with van der Waals surface area (Å²) in [5.74, 6) is 0.590. The second kappa shape index (κ2) is 11.2. The first-order valence-corrected chi connectivity index (χ1v) is 14.2. The molecule has 2 aliphatic heterocycles. The highest BCUT2D eigenvalue weighted by molar-refractivity contribution is 5.83. The number of amides is 2. The number of hydrogen-bond acceptors (Lipinski definition) is 5. The van der Waals surface area contributed by atoms with Crippen LogP contribution >= 0.6 is 0 Å². The van der Waals surface area contributed by atoms with Gasteiger partial charge in [0.2, 0.25) is 0 Å². The highest BCUT2D eigenvalue weighted by Gasteiger charge is 2.43. The van der Waals surface area contributed by atoms with E-state index >= 15 is 0 Å². The fourth-order valence-electron chi connectivity index (χ4n) is 6.48. The number of alkyl carbamates (subject to hydrolysis) is 1. The SMILES string of the molecule is CC1(C)CN(C(CNC(=O)OC(CC2CCCCC2)C(=O)N2CCOCC2)C2CC2)c2ccc(F)cc21. The highest BCUT2D eigenvalue weighted by Crippen LogP contribution is 2.46. The number of hydrogen-bond donors (Lipinski definition) is 1. The van der Waals surface area contributed by atoms with Gasteiger partial charge >= 0.3 is 6.09 Å². The van der Waals surface area contributed by atoms with Crippen molar-refractivity contribution in [3.8, 4) is 0 Å². The lowest BCUT2D eigenvalue weighted by molar-refractivity contribution is -0.145. The lowest BCUT2D eigenvalue weighted by Gasteiger charge is -2.33. The fourth-order valence-corrected chi connectivity index (χ4v) is 6.48. The summed E-state index contributed by atoms with van der Waals surface area (Å²) in [5, 5.41) is 3.00. The predicted molar refractivity (Wildman–Crippen MR) is 140 cm³/mol. The lowest BCUT2D eigenvalue weighted by Crippen LogP contribution is -2.50. The Hall–Kier alpha value is -2.35. The summed E-state index contributed by atoms with van der Waals surface area (Å²) < 4.78 is 25.3. The molecule has 0 bridgehead atoms.